The lowest BCUT2D eigenvalue weighted by Gasteiger charge is -2.08. The summed E-state index contributed by atoms with van der Waals surface area (Å²) in [5.74, 6) is -0.328. The van der Waals surface area contributed by atoms with Gasteiger partial charge in [0.1, 0.15) is 0 Å². The van der Waals surface area contributed by atoms with Crippen molar-refractivity contribution in [2.75, 3.05) is 5.32 Å². The standard InChI is InChI=1S/C20H13ClF3N3OS/c21-14-5-1-12(2-6-14)17-10-27-16(11-29-19(27)26-17)9-18(28)25-15-7-3-13(4-8-15)20(22,23)24/h1-8,10-11H,9H2,(H,25,28). The summed E-state index contributed by atoms with van der Waals surface area (Å²) in [6, 6.07) is 11.6. The molecule has 0 saturated heterocycles. The van der Waals surface area contributed by atoms with Crippen molar-refractivity contribution in [1.82, 2.24) is 9.38 Å². The summed E-state index contributed by atoms with van der Waals surface area (Å²) < 4.78 is 39.7. The lowest BCUT2D eigenvalue weighted by Crippen LogP contribution is -2.15. The number of fused-ring (bicyclic) bond motifs is 1. The van der Waals surface area contributed by atoms with E-state index in [4.69, 9.17) is 11.6 Å². The molecule has 2 heterocycles. The molecule has 0 bridgehead atoms. The van der Waals surface area contributed by atoms with Gasteiger partial charge >= 0.3 is 6.18 Å². The third-order valence-corrected chi connectivity index (χ3v) is 5.40. The molecule has 0 saturated carbocycles. The highest BCUT2D eigenvalue weighted by molar-refractivity contribution is 7.15. The van der Waals surface area contributed by atoms with Crippen LogP contribution in [0.15, 0.2) is 60.1 Å². The van der Waals surface area contributed by atoms with Gasteiger partial charge in [-0.3, -0.25) is 9.20 Å². The number of hydrogen-bond donors (Lipinski definition) is 1. The van der Waals surface area contributed by atoms with E-state index in [0.29, 0.717) is 10.7 Å². The van der Waals surface area contributed by atoms with Crippen LogP contribution >= 0.6 is 22.9 Å². The zero-order valence-electron chi connectivity index (χ0n) is 14.7. The molecule has 0 spiro atoms. The average molecular weight is 436 g/mol. The van der Waals surface area contributed by atoms with Crippen molar-refractivity contribution < 1.29 is 18.0 Å². The quantitative estimate of drug-likeness (QED) is 0.432. The Kier molecular flexibility index (Phi) is 5.06. The Morgan fingerprint density at radius 1 is 1.10 bits per heavy atom. The zero-order valence-corrected chi connectivity index (χ0v) is 16.3. The van der Waals surface area contributed by atoms with Gasteiger partial charge in [-0.1, -0.05) is 23.7 Å². The lowest BCUT2D eigenvalue weighted by molar-refractivity contribution is -0.137. The number of benzene rings is 2. The topological polar surface area (TPSA) is 46.4 Å². The number of imidazole rings is 1. The largest absolute Gasteiger partial charge is 0.416 e. The molecule has 2 aromatic heterocycles. The van der Waals surface area contributed by atoms with E-state index in [2.05, 4.69) is 10.3 Å². The van der Waals surface area contributed by atoms with Crippen LogP contribution in [0.3, 0.4) is 0 Å². The van der Waals surface area contributed by atoms with E-state index in [1.807, 2.05) is 28.1 Å². The molecule has 1 N–H and O–H groups in total. The van der Waals surface area contributed by atoms with Crippen molar-refractivity contribution in [3.63, 3.8) is 0 Å². The summed E-state index contributed by atoms with van der Waals surface area (Å²) in [5.41, 5.74) is 1.95. The predicted molar refractivity (Wildman–Crippen MR) is 107 cm³/mol. The lowest BCUT2D eigenvalue weighted by atomic mass is 10.2. The molecule has 4 aromatic rings. The molecule has 0 aliphatic heterocycles. The van der Waals surface area contributed by atoms with E-state index in [9.17, 15) is 18.0 Å². The number of carbonyl (C=O) groups excluding carboxylic acids is 1. The Morgan fingerprint density at radius 2 is 1.79 bits per heavy atom. The fourth-order valence-corrected chi connectivity index (χ4v) is 3.83. The Bertz CT molecular complexity index is 1160. The SMILES string of the molecule is O=C(Cc1csc2nc(-c3ccc(Cl)cc3)cn12)Nc1ccc(C(F)(F)F)cc1. The summed E-state index contributed by atoms with van der Waals surface area (Å²) in [6.45, 7) is 0. The molecule has 1 amide bonds. The van der Waals surface area contributed by atoms with E-state index in [1.54, 1.807) is 12.1 Å². The molecule has 4 rings (SSSR count). The molecule has 4 nitrogen and oxygen atoms in total. The van der Waals surface area contributed by atoms with Crippen LogP contribution in [0.5, 0.6) is 0 Å². The van der Waals surface area contributed by atoms with Crippen LogP contribution in [-0.4, -0.2) is 15.3 Å². The van der Waals surface area contributed by atoms with Crippen molar-refractivity contribution in [3.8, 4) is 11.3 Å². The Morgan fingerprint density at radius 3 is 2.45 bits per heavy atom. The fraction of sp³-hybridized carbons (Fsp3) is 0.100. The highest BCUT2D eigenvalue weighted by Gasteiger charge is 2.30. The molecule has 148 valence electrons. The smallest absolute Gasteiger partial charge is 0.326 e. The van der Waals surface area contributed by atoms with Crippen molar-refractivity contribution in [2.24, 2.45) is 0 Å². The summed E-state index contributed by atoms with van der Waals surface area (Å²) in [5, 5.41) is 5.09. The second-order valence-electron chi connectivity index (χ2n) is 6.31. The summed E-state index contributed by atoms with van der Waals surface area (Å²) in [4.78, 5) is 17.6. The minimum atomic E-state index is -4.41. The van der Waals surface area contributed by atoms with E-state index >= 15 is 0 Å². The first-order valence-corrected chi connectivity index (χ1v) is 9.74. The number of carbonyl (C=O) groups is 1. The van der Waals surface area contributed by atoms with Crippen molar-refractivity contribution in [1.29, 1.82) is 0 Å². The van der Waals surface area contributed by atoms with Crippen molar-refractivity contribution in [3.05, 3.63) is 76.4 Å². The second kappa shape index (κ2) is 7.53. The Hall–Kier alpha value is -2.84. The van der Waals surface area contributed by atoms with Crippen LogP contribution in [0.2, 0.25) is 5.02 Å². The summed E-state index contributed by atoms with van der Waals surface area (Å²) in [7, 11) is 0. The van der Waals surface area contributed by atoms with Gasteiger partial charge in [0.2, 0.25) is 5.91 Å². The Balaban J connectivity index is 1.49. The third kappa shape index (κ3) is 4.28. The van der Waals surface area contributed by atoms with Crippen LogP contribution < -0.4 is 5.32 Å². The summed E-state index contributed by atoms with van der Waals surface area (Å²) >= 11 is 7.32. The van der Waals surface area contributed by atoms with E-state index in [1.165, 1.54) is 23.5 Å². The second-order valence-corrected chi connectivity index (χ2v) is 7.59. The number of anilines is 1. The highest BCUT2D eigenvalue weighted by Crippen LogP contribution is 2.30. The summed E-state index contributed by atoms with van der Waals surface area (Å²) in [6.07, 6.45) is -2.50. The Labute approximate surface area is 172 Å². The van der Waals surface area contributed by atoms with Crippen LogP contribution in [0, 0.1) is 0 Å². The third-order valence-electron chi connectivity index (χ3n) is 4.26. The molecule has 2 aromatic carbocycles. The molecule has 0 aliphatic carbocycles. The first kappa shape index (κ1) is 19.5. The number of halogens is 4. The fourth-order valence-electron chi connectivity index (χ4n) is 2.83. The average Bonchev–Trinajstić information content (AvgIpc) is 3.24. The maximum absolute atomic E-state index is 12.6. The van der Waals surface area contributed by atoms with Gasteiger partial charge in [-0.05, 0) is 36.4 Å². The number of alkyl halides is 3. The van der Waals surface area contributed by atoms with Gasteiger partial charge in [0.05, 0.1) is 17.7 Å². The van der Waals surface area contributed by atoms with E-state index < -0.39 is 11.7 Å². The molecule has 0 atom stereocenters. The molecule has 29 heavy (non-hydrogen) atoms. The minimum Gasteiger partial charge on any atom is -0.326 e. The van der Waals surface area contributed by atoms with Crippen molar-refractivity contribution >= 4 is 39.5 Å². The number of nitrogens with zero attached hydrogens (tertiary/aromatic N) is 2. The maximum atomic E-state index is 12.6. The van der Waals surface area contributed by atoms with Gasteiger partial charge in [-0.2, -0.15) is 13.2 Å². The molecular weight excluding hydrogens is 423 g/mol. The monoisotopic (exact) mass is 435 g/mol. The van der Waals surface area contributed by atoms with Gasteiger partial charge in [0.15, 0.2) is 4.96 Å². The van der Waals surface area contributed by atoms with Gasteiger partial charge in [0, 0.05) is 33.5 Å². The van der Waals surface area contributed by atoms with Gasteiger partial charge in [0.25, 0.3) is 0 Å². The molecule has 0 radical (unpaired) electrons. The normalized spacial score (nSPS) is 11.7. The number of nitrogens with one attached hydrogen (secondary N) is 1. The molecule has 0 fully saturated rings. The van der Waals surface area contributed by atoms with Crippen molar-refractivity contribution in [2.45, 2.75) is 12.6 Å². The number of thiazole rings is 1. The van der Waals surface area contributed by atoms with Crippen LogP contribution in [0.1, 0.15) is 11.3 Å². The number of hydrogen-bond acceptors (Lipinski definition) is 3. The first-order chi connectivity index (χ1) is 13.8. The van der Waals surface area contributed by atoms with E-state index in [-0.39, 0.29) is 12.3 Å². The maximum Gasteiger partial charge on any atom is 0.416 e. The zero-order chi connectivity index (χ0) is 20.6. The van der Waals surface area contributed by atoms with Crippen LogP contribution in [0.25, 0.3) is 16.2 Å². The molecule has 9 heteroatoms. The molecule has 0 unspecified atom stereocenters. The first-order valence-electron chi connectivity index (χ1n) is 8.48. The van der Waals surface area contributed by atoms with Crippen LogP contribution in [-0.2, 0) is 17.4 Å². The number of aromatic nitrogens is 2. The van der Waals surface area contributed by atoms with E-state index in [0.717, 1.165) is 34.0 Å². The molecule has 0 aliphatic rings. The highest BCUT2D eigenvalue weighted by atomic mass is 35.5. The van der Waals surface area contributed by atoms with Gasteiger partial charge in [-0.25, -0.2) is 4.98 Å². The predicted octanol–water partition coefficient (Wildman–Crippen LogP) is 5.92. The van der Waals surface area contributed by atoms with Gasteiger partial charge in [-0.15, -0.1) is 11.3 Å². The van der Waals surface area contributed by atoms with Crippen LogP contribution in [0.4, 0.5) is 18.9 Å². The number of rotatable bonds is 4. The minimum absolute atomic E-state index is 0.0669. The number of amides is 1. The molecular formula is C20H13ClF3N3OS. The van der Waals surface area contributed by atoms with Gasteiger partial charge < -0.3 is 5.32 Å².